The second-order valence-corrected chi connectivity index (χ2v) is 7.34. The summed E-state index contributed by atoms with van der Waals surface area (Å²) in [6.45, 7) is 6.56. The number of guanidine groups is 1. The number of rotatable bonds is 6. The number of alkyl halides is 3. The zero-order valence-corrected chi connectivity index (χ0v) is 18.3. The van der Waals surface area contributed by atoms with E-state index < -0.39 is 11.9 Å². The first-order valence-electron chi connectivity index (χ1n) is 8.57. The number of piperidine rings is 1. The van der Waals surface area contributed by atoms with Gasteiger partial charge in [0, 0.05) is 25.5 Å². The maximum Gasteiger partial charge on any atom is 0.434 e. The molecule has 0 aromatic carbocycles. The van der Waals surface area contributed by atoms with Crippen molar-refractivity contribution in [1.29, 1.82) is 0 Å². The molecule has 5 nitrogen and oxygen atoms in total. The smallest absolute Gasteiger partial charge is 0.356 e. The Morgan fingerprint density at radius 1 is 1.31 bits per heavy atom. The molecular weight excluding hydrogens is 478 g/mol. The van der Waals surface area contributed by atoms with E-state index >= 15 is 0 Å². The molecule has 1 aliphatic heterocycles. The summed E-state index contributed by atoms with van der Waals surface area (Å²) in [6, 6.07) is 0. The van der Waals surface area contributed by atoms with Gasteiger partial charge in [0.2, 0.25) is 0 Å². The number of hydrogen-bond donors (Lipinski definition) is 2. The summed E-state index contributed by atoms with van der Waals surface area (Å²) in [5.41, 5.74) is -0.840. The Morgan fingerprint density at radius 2 is 2.00 bits per heavy atom. The molecule has 1 unspecified atom stereocenters. The molecule has 1 atom stereocenters. The van der Waals surface area contributed by atoms with Crippen molar-refractivity contribution < 1.29 is 13.2 Å². The van der Waals surface area contributed by atoms with Crippen LogP contribution >= 0.6 is 35.3 Å². The molecule has 2 N–H and O–H groups in total. The van der Waals surface area contributed by atoms with E-state index in [0.29, 0.717) is 16.9 Å². The van der Waals surface area contributed by atoms with Crippen LogP contribution in [0.15, 0.2) is 10.4 Å². The van der Waals surface area contributed by atoms with Gasteiger partial charge in [0.05, 0.1) is 6.54 Å². The van der Waals surface area contributed by atoms with Crippen LogP contribution in [0.25, 0.3) is 0 Å². The van der Waals surface area contributed by atoms with Crippen molar-refractivity contribution in [2.24, 2.45) is 10.9 Å². The third-order valence-corrected chi connectivity index (χ3v) is 4.96. The molecule has 0 amide bonds. The van der Waals surface area contributed by atoms with Crippen LogP contribution in [0.1, 0.15) is 36.9 Å². The van der Waals surface area contributed by atoms with Crippen molar-refractivity contribution in [3.8, 4) is 0 Å². The Bertz CT molecular complexity index is 558. The molecule has 2 heterocycles. The van der Waals surface area contributed by atoms with Gasteiger partial charge in [-0.1, -0.05) is 13.3 Å². The predicted octanol–water partition coefficient (Wildman–Crippen LogP) is 3.57. The zero-order chi connectivity index (χ0) is 18.3. The summed E-state index contributed by atoms with van der Waals surface area (Å²) >= 11 is 0.994. The van der Waals surface area contributed by atoms with Crippen LogP contribution in [0.2, 0.25) is 0 Å². The molecule has 1 aromatic heterocycles. The fourth-order valence-electron chi connectivity index (χ4n) is 2.82. The molecule has 2 rings (SSSR count). The van der Waals surface area contributed by atoms with Crippen LogP contribution in [0, 0.1) is 5.92 Å². The predicted molar refractivity (Wildman–Crippen MR) is 110 cm³/mol. The maximum atomic E-state index is 12.6. The van der Waals surface area contributed by atoms with Gasteiger partial charge in [0.1, 0.15) is 5.01 Å². The number of nitrogens with zero attached hydrogens (tertiary/aromatic N) is 3. The first-order valence-corrected chi connectivity index (χ1v) is 9.45. The van der Waals surface area contributed by atoms with Crippen molar-refractivity contribution in [2.75, 3.05) is 33.2 Å². The van der Waals surface area contributed by atoms with Crippen molar-refractivity contribution in [2.45, 2.75) is 38.9 Å². The Labute approximate surface area is 173 Å². The highest BCUT2D eigenvalue weighted by molar-refractivity contribution is 14.0. The minimum atomic E-state index is -4.39. The van der Waals surface area contributed by atoms with Crippen LogP contribution in [0.5, 0.6) is 0 Å². The van der Waals surface area contributed by atoms with Gasteiger partial charge in [-0.3, -0.25) is 4.99 Å². The Morgan fingerprint density at radius 3 is 2.58 bits per heavy atom. The summed E-state index contributed by atoms with van der Waals surface area (Å²) in [6.07, 6.45) is -0.515. The lowest BCUT2D eigenvalue weighted by Gasteiger charge is -2.29. The van der Waals surface area contributed by atoms with Crippen LogP contribution in [0.4, 0.5) is 13.2 Å². The number of likely N-dealkylation sites (tertiary alicyclic amines) is 1. The first-order chi connectivity index (χ1) is 11.9. The summed E-state index contributed by atoms with van der Waals surface area (Å²) in [5.74, 6) is 1.04. The summed E-state index contributed by atoms with van der Waals surface area (Å²) < 4.78 is 37.7. The highest BCUT2D eigenvalue weighted by Crippen LogP contribution is 2.29. The zero-order valence-electron chi connectivity index (χ0n) is 15.1. The average Bonchev–Trinajstić information content (AvgIpc) is 3.05. The third-order valence-electron chi connectivity index (χ3n) is 4.11. The number of aliphatic imine (C=N–C) groups is 1. The first kappa shape index (κ1) is 23.4. The van der Waals surface area contributed by atoms with Crippen molar-refractivity contribution in [1.82, 2.24) is 20.5 Å². The van der Waals surface area contributed by atoms with E-state index in [1.54, 1.807) is 7.05 Å². The maximum absolute atomic E-state index is 12.6. The molecule has 0 aliphatic carbocycles. The average molecular weight is 505 g/mol. The minimum Gasteiger partial charge on any atom is -0.356 e. The molecule has 26 heavy (non-hydrogen) atoms. The molecule has 0 bridgehead atoms. The van der Waals surface area contributed by atoms with Gasteiger partial charge in [-0.15, -0.1) is 35.3 Å². The molecule has 1 fully saturated rings. The minimum absolute atomic E-state index is 0. The number of thiazole rings is 1. The lowest BCUT2D eigenvalue weighted by molar-refractivity contribution is -0.140. The van der Waals surface area contributed by atoms with Gasteiger partial charge >= 0.3 is 6.18 Å². The van der Waals surface area contributed by atoms with Crippen molar-refractivity contribution in [3.63, 3.8) is 0 Å². The number of halogens is 4. The SMILES string of the molecule is CN=C(NCc1nc(C(F)(F)F)cs1)NCC(C)CN1CCCCC1.I. The Kier molecular flexibility index (Phi) is 10.2. The quantitative estimate of drug-likeness (QED) is 0.353. The van der Waals surface area contributed by atoms with Gasteiger partial charge in [0.15, 0.2) is 11.7 Å². The molecule has 150 valence electrons. The van der Waals surface area contributed by atoms with E-state index in [4.69, 9.17) is 0 Å². The van der Waals surface area contributed by atoms with E-state index in [-0.39, 0.29) is 30.5 Å². The van der Waals surface area contributed by atoms with E-state index in [9.17, 15) is 13.2 Å². The highest BCUT2D eigenvalue weighted by Gasteiger charge is 2.33. The molecule has 10 heteroatoms. The van der Waals surface area contributed by atoms with Gasteiger partial charge in [-0.2, -0.15) is 13.2 Å². The molecule has 1 aliphatic rings. The van der Waals surface area contributed by atoms with E-state index in [0.717, 1.165) is 29.8 Å². The Balaban J connectivity index is 0.00000338. The summed E-state index contributed by atoms with van der Waals surface area (Å²) in [7, 11) is 1.65. The van der Waals surface area contributed by atoms with E-state index in [2.05, 4.69) is 32.4 Å². The normalized spacial score (nSPS) is 17.5. The molecule has 1 aromatic rings. The van der Waals surface area contributed by atoms with Crippen LogP contribution in [-0.4, -0.2) is 49.1 Å². The van der Waals surface area contributed by atoms with Gasteiger partial charge in [-0.05, 0) is 31.8 Å². The van der Waals surface area contributed by atoms with Gasteiger partial charge < -0.3 is 15.5 Å². The highest BCUT2D eigenvalue weighted by atomic mass is 127. The van der Waals surface area contributed by atoms with Crippen LogP contribution in [0.3, 0.4) is 0 Å². The monoisotopic (exact) mass is 505 g/mol. The molecule has 0 saturated carbocycles. The van der Waals surface area contributed by atoms with Gasteiger partial charge in [-0.25, -0.2) is 4.98 Å². The van der Waals surface area contributed by atoms with Crippen LogP contribution < -0.4 is 10.6 Å². The molecule has 0 radical (unpaired) electrons. The fraction of sp³-hybridized carbons (Fsp3) is 0.750. The summed E-state index contributed by atoms with van der Waals surface area (Å²) in [4.78, 5) is 10.2. The number of hydrogen-bond acceptors (Lipinski definition) is 4. The third kappa shape index (κ3) is 7.95. The van der Waals surface area contributed by atoms with E-state index in [1.807, 2.05) is 0 Å². The molecule has 0 spiro atoms. The number of aromatic nitrogens is 1. The standard InChI is InChI=1S/C16H26F3N5S.HI/c1-12(10-24-6-4-3-5-7-24)8-21-15(20-2)22-9-14-23-13(11-25-14)16(17,18)19;/h11-12H,3-10H2,1-2H3,(H2,20,21,22);1H. The second-order valence-electron chi connectivity index (χ2n) is 6.40. The topological polar surface area (TPSA) is 52.6 Å². The largest absolute Gasteiger partial charge is 0.434 e. The summed E-state index contributed by atoms with van der Waals surface area (Å²) in [5, 5.41) is 7.67. The van der Waals surface area contributed by atoms with Crippen molar-refractivity contribution in [3.05, 3.63) is 16.1 Å². The molecular formula is C16H27F3IN5S. The second kappa shape index (κ2) is 11.3. The van der Waals surface area contributed by atoms with Crippen LogP contribution in [-0.2, 0) is 12.7 Å². The number of nitrogens with one attached hydrogen (secondary N) is 2. The van der Waals surface area contributed by atoms with Crippen molar-refractivity contribution >= 4 is 41.3 Å². The lowest BCUT2D eigenvalue weighted by Crippen LogP contribution is -2.42. The van der Waals surface area contributed by atoms with Gasteiger partial charge in [0.25, 0.3) is 0 Å². The Hall–Kier alpha value is -0.620. The lowest BCUT2D eigenvalue weighted by atomic mass is 10.1. The molecule has 1 saturated heterocycles. The fourth-order valence-corrected chi connectivity index (χ4v) is 3.56. The van der Waals surface area contributed by atoms with E-state index in [1.165, 1.54) is 32.4 Å².